The van der Waals surface area contributed by atoms with Crippen LogP contribution >= 0.6 is 0 Å². The van der Waals surface area contributed by atoms with Gasteiger partial charge in [0.15, 0.2) is 5.82 Å². The maximum Gasteiger partial charge on any atom is 0.259 e. The van der Waals surface area contributed by atoms with E-state index in [0.717, 1.165) is 29.9 Å². The molecule has 90 valence electrons. The number of aromatic nitrogens is 3. The Morgan fingerprint density at radius 2 is 2.06 bits per heavy atom. The molecule has 17 heavy (non-hydrogen) atoms. The molecule has 0 aromatic carbocycles. The Hall–Kier alpha value is -1.75. The van der Waals surface area contributed by atoms with E-state index >= 15 is 0 Å². The van der Waals surface area contributed by atoms with Crippen molar-refractivity contribution in [2.45, 2.75) is 20.3 Å². The summed E-state index contributed by atoms with van der Waals surface area (Å²) < 4.78 is 5.24. The van der Waals surface area contributed by atoms with E-state index in [4.69, 9.17) is 4.52 Å². The van der Waals surface area contributed by atoms with Gasteiger partial charge in [-0.3, -0.25) is 4.98 Å². The molecule has 2 rings (SSSR count). The first-order valence-electron chi connectivity index (χ1n) is 5.62. The lowest BCUT2D eigenvalue weighted by atomic mass is 10.2. The van der Waals surface area contributed by atoms with Crippen molar-refractivity contribution in [1.82, 2.24) is 20.4 Å². The van der Waals surface area contributed by atoms with Gasteiger partial charge >= 0.3 is 0 Å². The van der Waals surface area contributed by atoms with Gasteiger partial charge in [-0.15, -0.1) is 0 Å². The minimum absolute atomic E-state index is 0.543. The Morgan fingerprint density at radius 1 is 1.24 bits per heavy atom. The fourth-order valence-corrected chi connectivity index (χ4v) is 1.61. The number of nitrogens with one attached hydrogen (secondary N) is 1. The van der Waals surface area contributed by atoms with Gasteiger partial charge in [0.1, 0.15) is 0 Å². The highest BCUT2D eigenvalue weighted by Gasteiger charge is 2.11. The lowest BCUT2D eigenvalue weighted by molar-refractivity contribution is 0.421. The molecule has 0 spiro atoms. The molecule has 0 saturated carbocycles. The molecule has 1 N–H and O–H groups in total. The summed E-state index contributed by atoms with van der Waals surface area (Å²) in [4.78, 5) is 8.73. The number of aryl methyl sites for hydroxylation is 2. The van der Waals surface area contributed by atoms with Gasteiger partial charge in [0, 0.05) is 18.7 Å². The topological polar surface area (TPSA) is 63.8 Å². The predicted molar refractivity (Wildman–Crippen MR) is 64.6 cm³/mol. The highest BCUT2D eigenvalue weighted by atomic mass is 16.5. The van der Waals surface area contributed by atoms with Crippen molar-refractivity contribution in [3.8, 4) is 11.5 Å². The van der Waals surface area contributed by atoms with Crippen LogP contribution in [0.25, 0.3) is 11.5 Å². The molecular weight excluding hydrogens is 216 g/mol. The second kappa shape index (κ2) is 5.05. The summed E-state index contributed by atoms with van der Waals surface area (Å²) in [5.74, 6) is 1.26. The monoisotopic (exact) mass is 232 g/mol. The largest absolute Gasteiger partial charge is 0.334 e. The third-order valence-corrected chi connectivity index (χ3v) is 2.52. The van der Waals surface area contributed by atoms with Crippen LogP contribution < -0.4 is 5.32 Å². The Kier molecular flexibility index (Phi) is 3.49. The fourth-order valence-electron chi connectivity index (χ4n) is 1.61. The SMILES string of the molecule is CNCCc1noc(-c2ccc(C)nc2C)n1. The molecule has 5 heteroatoms. The Balaban J connectivity index is 2.24. The van der Waals surface area contributed by atoms with Crippen molar-refractivity contribution in [2.24, 2.45) is 0 Å². The van der Waals surface area contributed by atoms with Crippen molar-refractivity contribution in [1.29, 1.82) is 0 Å². The van der Waals surface area contributed by atoms with Gasteiger partial charge in [0.2, 0.25) is 0 Å². The quantitative estimate of drug-likeness (QED) is 0.865. The molecule has 2 aromatic heterocycles. The summed E-state index contributed by atoms with van der Waals surface area (Å²) in [6.07, 6.45) is 0.762. The molecule has 0 atom stereocenters. The number of rotatable bonds is 4. The van der Waals surface area contributed by atoms with Crippen molar-refractivity contribution >= 4 is 0 Å². The minimum atomic E-state index is 0.543. The van der Waals surface area contributed by atoms with Gasteiger partial charge in [0.25, 0.3) is 5.89 Å². The van der Waals surface area contributed by atoms with E-state index in [-0.39, 0.29) is 0 Å². The van der Waals surface area contributed by atoms with Crippen molar-refractivity contribution in [2.75, 3.05) is 13.6 Å². The maximum absolute atomic E-state index is 5.24. The van der Waals surface area contributed by atoms with Crippen LogP contribution in [0.3, 0.4) is 0 Å². The number of pyridine rings is 1. The van der Waals surface area contributed by atoms with Crippen LogP contribution in [0.4, 0.5) is 0 Å². The molecule has 0 fully saturated rings. The molecule has 0 saturated heterocycles. The molecule has 0 radical (unpaired) electrons. The molecule has 5 nitrogen and oxygen atoms in total. The van der Waals surface area contributed by atoms with Gasteiger partial charge in [-0.25, -0.2) is 0 Å². The zero-order chi connectivity index (χ0) is 12.3. The Bertz CT molecular complexity index is 507. The zero-order valence-electron chi connectivity index (χ0n) is 10.3. The first-order chi connectivity index (χ1) is 8.20. The number of nitrogens with zero attached hydrogens (tertiary/aromatic N) is 3. The van der Waals surface area contributed by atoms with Crippen LogP contribution in [0.5, 0.6) is 0 Å². The van der Waals surface area contributed by atoms with Gasteiger partial charge in [-0.2, -0.15) is 4.98 Å². The molecule has 0 aliphatic heterocycles. The van der Waals surface area contributed by atoms with Gasteiger partial charge < -0.3 is 9.84 Å². The average molecular weight is 232 g/mol. The average Bonchev–Trinajstić information content (AvgIpc) is 2.75. The molecule has 0 unspecified atom stereocenters. The molecule has 2 heterocycles. The smallest absolute Gasteiger partial charge is 0.259 e. The highest BCUT2D eigenvalue weighted by Crippen LogP contribution is 2.20. The molecular formula is C12H16N4O. The zero-order valence-corrected chi connectivity index (χ0v) is 10.3. The summed E-state index contributed by atoms with van der Waals surface area (Å²) in [6, 6.07) is 3.91. The second-order valence-corrected chi connectivity index (χ2v) is 3.95. The Labute approximate surface area is 100 Å². The lowest BCUT2D eigenvalue weighted by Gasteiger charge is -2.00. The van der Waals surface area contributed by atoms with E-state index < -0.39 is 0 Å². The summed E-state index contributed by atoms with van der Waals surface area (Å²) in [5, 5.41) is 6.99. The molecule has 0 amide bonds. The normalized spacial score (nSPS) is 10.8. The van der Waals surface area contributed by atoms with E-state index in [9.17, 15) is 0 Å². The first-order valence-corrected chi connectivity index (χ1v) is 5.62. The third kappa shape index (κ3) is 2.68. The van der Waals surface area contributed by atoms with Crippen LogP contribution in [0.2, 0.25) is 0 Å². The Morgan fingerprint density at radius 3 is 2.76 bits per heavy atom. The van der Waals surface area contributed by atoms with Crippen molar-refractivity contribution < 1.29 is 4.52 Å². The summed E-state index contributed by atoms with van der Waals surface area (Å²) in [6.45, 7) is 4.74. The number of hydrogen-bond donors (Lipinski definition) is 1. The standard InChI is InChI=1S/C12H16N4O/c1-8-4-5-10(9(2)14-8)12-15-11(16-17-12)6-7-13-3/h4-5,13H,6-7H2,1-3H3. The van der Waals surface area contributed by atoms with E-state index in [0.29, 0.717) is 11.7 Å². The van der Waals surface area contributed by atoms with Crippen molar-refractivity contribution in [3.05, 3.63) is 29.3 Å². The molecule has 0 bridgehead atoms. The third-order valence-electron chi connectivity index (χ3n) is 2.52. The summed E-state index contributed by atoms with van der Waals surface area (Å²) in [5.41, 5.74) is 2.80. The molecule has 0 aliphatic carbocycles. The number of likely N-dealkylation sites (N-methyl/N-ethyl adjacent to an activating group) is 1. The van der Waals surface area contributed by atoms with Crippen LogP contribution in [-0.2, 0) is 6.42 Å². The van der Waals surface area contributed by atoms with E-state index in [1.165, 1.54) is 0 Å². The van der Waals surface area contributed by atoms with Gasteiger partial charge in [-0.1, -0.05) is 5.16 Å². The number of hydrogen-bond acceptors (Lipinski definition) is 5. The van der Waals surface area contributed by atoms with Crippen LogP contribution in [0, 0.1) is 13.8 Å². The summed E-state index contributed by atoms with van der Waals surface area (Å²) >= 11 is 0. The maximum atomic E-state index is 5.24. The van der Waals surface area contributed by atoms with Gasteiger partial charge in [-0.05, 0) is 33.0 Å². The molecule has 0 aliphatic rings. The lowest BCUT2D eigenvalue weighted by Crippen LogP contribution is -2.11. The van der Waals surface area contributed by atoms with Crippen LogP contribution in [0.1, 0.15) is 17.2 Å². The fraction of sp³-hybridized carbons (Fsp3) is 0.417. The van der Waals surface area contributed by atoms with Crippen molar-refractivity contribution in [3.63, 3.8) is 0 Å². The van der Waals surface area contributed by atoms with Crippen LogP contribution in [-0.4, -0.2) is 28.7 Å². The first kappa shape index (κ1) is 11.7. The summed E-state index contributed by atoms with van der Waals surface area (Å²) in [7, 11) is 1.90. The predicted octanol–water partition coefficient (Wildman–Crippen LogP) is 1.51. The van der Waals surface area contributed by atoms with E-state index in [2.05, 4.69) is 20.4 Å². The minimum Gasteiger partial charge on any atom is -0.334 e. The van der Waals surface area contributed by atoms with Gasteiger partial charge in [0.05, 0.1) is 11.3 Å². The second-order valence-electron chi connectivity index (χ2n) is 3.95. The molecule has 2 aromatic rings. The highest BCUT2D eigenvalue weighted by molar-refractivity contribution is 5.55. The van der Waals surface area contributed by atoms with E-state index in [1.807, 2.05) is 33.0 Å². The van der Waals surface area contributed by atoms with Crippen LogP contribution in [0.15, 0.2) is 16.7 Å². The van der Waals surface area contributed by atoms with E-state index in [1.54, 1.807) is 0 Å².